The fourth-order valence-electron chi connectivity index (χ4n) is 4.93. The molecule has 0 radical (unpaired) electrons. The third kappa shape index (κ3) is 19.3. The van der Waals surface area contributed by atoms with Crippen molar-refractivity contribution in [1.29, 1.82) is 0 Å². The summed E-state index contributed by atoms with van der Waals surface area (Å²) in [7, 11) is 2.55. The first-order chi connectivity index (χ1) is 26.1. The van der Waals surface area contributed by atoms with E-state index in [0.29, 0.717) is 0 Å². The summed E-state index contributed by atoms with van der Waals surface area (Å²) in [4.78, 5) is 99.8. The predicted molar refractivity (Wildman–Crippen MR) is 188 cm³/mol. The summed E-state index contributed by atoms with van der Waals surface area (Å²) in [6, 6.07) is 0. The molecule has 0 aromatic carbocycles. The monoisotopic (exact) mass is 1040 g/mol. The zero-order valence-electron chi connectivity index (χ0n) is 32.8. The molecule has 0 saturated carbocycles. The van der Waals surface area contributed by atoms with Crippen LogP contribution in [0.1, 0.15) is 55.4 Å². The van der Waals surface area contributed by atoms with E-state index in [1.54, 1.807) is 0 Å². The zero-order chi connectivity index (χ0) is 42.9. The van der Waals surface area contributed by atoms with Gasteiger partial charge < -0.3 is 82.1 Å². The number of ether oxygens (including phenoxy) is 12. The number of rotatable bonds is 12. The Balaban J connectivity index is 0.00000108. The van der Waals surface area contributed by atoms with Crippen molar-refractivity contribution in [2.45, 2.75) is 117 Å². The summed E-state index contributed by atoms with van der Waals surface area (Å²) in [5.74, 6) is -5.59. The van der Waals surface area contributed by atoms with Crippen molar-refractivity contribution >= 4 is 83.5 Å². The van der Waals surface area contributed by atoms with E-state index in [9.17, 15) is 38.4 Å². The summed E-state index contributed by atoms with van der Waals surface area (Å²) >= 11 is 9.77. The van der Waals surface area contributed by atoms with Crippen molar-refractivity contribution < 1.29 is 123 Å². The number of methoxy groups -OCH3 is 2. The molecule has 2 aliphatic rings. The Labute approximate surface area is 358 Å². The second kappa shape index (κ2) is 26.1. The Hall–Kier alpha value is -4.00. The maximum absolute atomic E-state index is 11.6. The van der Waals surface area contributed by atoms with Crippen molar-refractivity contribution in [3.05, 3.63) is 0 Å². The first-order valence-electron chi connectivity index (χ1n) is 16.3. The quantitative estimate of drug-likeness (QED) is 0.0580. The zero-order valence-corrected chi connectivity index (χ0v) is 39.9. The third-order valence-corrected chi connectivity index (χ3v) is 7.29. The van der Waals surface area contributed by atoms with Gasteiger partial charge in [-0.15, -0.1) is 0 Å². The molecular formula is C32H44HgN2O20S2. The largest absolute Gasteiger partial charge is 2.00 e. The normalized spacial score (nSPS) is 26.8. The maximum atomic E-state index is 11.6. The van der Waals surface area contributed by atoms with Crippen molar-refractivity contribution in [3.63, 3.8) is 0 Å². The Morgan fingerprint density at radius 1 is 0.439 bits per heavy atom. The second-order valence-electron chi connectivity index (χ2n) is 11.4. The molecule has 25 heteroatoms. The van der Waals surface area contributed by atoms with E-state index in [2.05, 4.69) is 9.98 Å². The molecule has 0 bridgehead atoms. The minimum Gasteiger partial charge on any atom is -0.722 e. The van der Waals surface area contributed by atoms with Crippen LogP contribution >= 0.6 is 0 Å². The molecule has 0 aromatic heterocycles. The van der Waals surface area contributed by atoms with Crippen LogP contribution in [-0.2, 0) is 148 Å². The summed E-state index contributed by atoms with van der Waals surface area (Å²) < 4.78 is 62.2. The van der Waals surface area contributed by atoms with Crippen LogP contribution in [0.5, 0.6) is 0 Å². The fraction of sp³-hybridized carbons (Fsp3) is 0.688. The molecule has 0 unspecified atom stereocenters. The van der Waals surface area contributed by atoms with E-state index in [1.165, 1.54) is 28.1 Å². The number of nitrogens with zero attached hydrogens (tertiary/aromatic N) is 2. The van der Waals surface area contributed by atoms with Gasteiger partial charge in [0.15, 0.2) is 49.1 Å². The van der Waals surface area contributed by atoms with Crippen molar-refractivity contribution in [1.82, 2.24) is 0 Å². The number of hydrogen-bond donors (Lipinski definition) is 0. The Morgan fingerprint density at radius 2 is 0.684 bits per heavy atom. The first-order valence-corrected chi connectivity index (χ1v) is 17.1. The summed E-state index contributed by atoms with van der Waals surface area (Å²) in [5.41, 5.74) is 0. The summed E-state index contributed by atoms with van der Waals surface area (Å²) in [6.07, 6.45) is -12.4. The molecular weight excluding hydrogens is 997 g/mol. The average molecular weight is 1040 g/mol. The van der Waals surface area contributed by atoms with E-state index in [0.717, 1.165) is 41.5 Å². The molecule has 2 saturated heterocycles. The van der Waals surface area contributed by atoms with E-state index in [1.807, 2.05) is 0 Å². The Kier molecular flexibility index (Phi) is 24.3. The summed E-state index contributed by atoms with van der Waals surface area (Å²) in [6.45, 7) is 8.43. The van der Waals surface area contributed by atoms with Crippen LogP contribution in [0.3, 0.4) is 0 Å². The molecule has 57 heavy (non-hydrogen) atoms. The van der Waals surface area contributed by atoms with Gasteiger partial charge in [0, 0.05) is 55.4 Å². The molecule has 2 aliphatic heterocycles. The number of aliphatic imine (C=N–C) groups is 2. The van der Waals surface area contributed by atoms with Gasteiger partial charge in [0.25, 0.3) is 0 Å². The molecule has 2 heterocycles. The second-order valence-corrected chi connectivity index (χ2v) is 12.1. The van der Waals surface area contributed by atoms with Gasteiger partial charge in [-0.05, 0) is 0 Å². The van der Waals surface area contributed by atoms with E-state index >= 15 is 0 Å². The number of esters is 8. The van der Waals surface area contributed by atoms with Gasteiger partial charge >= 0.3 is 75.4 Å². The van der Waals surface area contributed by atoms with Gasteiger partial charge in [-0.25, -0.2) is 9.98 Å². The Morgan fingerprint density at radius 3 is 0.912 bits per heavy atom. The minimum absolute atomic E-state index is 0. The molecule has 0 N–H and O–H groups in total. The van der Waals surface area contributed by atoms with Crippen molar-refractivity contribution in [2.75, 3.05) is 27.4 Å². The Bertz CT molecular complexity index is 1390. The standard InChI is InChI=1S/2C16H23NO10S.Hg/c2*1-7(18)23-6-11-12(24-8(2)19)13(25-9(3)20)14(26-10(4)21)15(27-11)17-16(28)22-5;/h2*11-15H,6H2,1-5H3,(H,17,28);/q;;+2/p-2/t2*11-,12-,13+,14-,15-;/m11./s1. The third-order valence-electron chi connectivity index (χ3n) is 6.75. The molecule has 2 fully saturated rings. The maximum Gasteiger partial charge on any atom is 2.00 e. The topological polar surface area (TPSA) is 272 Å². The van der Waals surface area contributed by atoms with Crippen molar-refractivity contribution in [3.8, 4) is 0 Å². The van der Waals surface area contributed by atoms with Gasteiger partial charge in [-0.1, -0.05) is 0 Å². The van der Waals surface area contributed by atoms with Gasteiger partial charge in [0.1, 0.15) is 25.4 Å². The number of hydrogen-bond acceptors (Lipinski definition) is 24. The minimum atomic E-state index is -1.30. The van der Waals surface area contributed by atoms with Gasteiger partial charge in [0.05, 0.1) is 24.7 Å². The van der Waals surface area contributed by atoms with Crippen LogP contribution in [0.4, 0.5) is 0 Å². The molecule has 10 atom stereocenters. The molecule has 22 nitrogen and oxygen atoms in total. The van der Waals surface area contributed by atoms with E-state index in [-0.39, 0.29) is 51.3 Å². The molecule has 316 valence electrons. The van der Waals surface area contributed by atoms with Crippen LogP contribution in [0, 0.1) is 0 Å². The molecule has 0 spiro atoms. The fourth-order valence-corrected chi connectivity index (χ4v) is 5.14. The molecule has 2 rings (SSSR count). The van der Waals surface area contributed by atoms with Crippen molar-refractivity contribution in [2.24, 2.45) is 9.98 Å². The van der Waals surface area contributed by atoms with Crippen LogP contribution in [0.15, 0.2) is 9.98 Å². The van der Waals surface area contributed by atoms with Crippen LogP contribution in [0.2, 0.25) is 0 Å². The van der Waals surface area contributed by atoms with Crippen LogP contribution in [-0.4, -0.2) is 147 Å². The van der Waals surface area contributed by atoms with Gasteiger partial charge in [0.2, 0.25) is 0 Å². The van der Waals surface area contributed by atoms with E-state index in [4.69, 9.17) is 82.1 Å². The van der Waals surface area contributed by atoms with E-state index < -0.39 is 109 Å². The molecule has 0 aliphatic carbocycles. The molecule has 0 aromatic rings. The van der Waals surface area contributed by atoms with Crippen LogP contribution < -0.4 is 0 Å². The average Bonchev–Trinajstić information content (AvgIpc) is 3.07. The SMILES string of the molecule is COC([S-])=N[C@@H]1O[C@H](COC(C)=O)[C@@H](OC(C)=O)[C@H](OC(C)=O)[C@H]1OC(C)=O.COC([S-])=N[C@@H]1O[C@H](COC(C)=O)[C@@H](OC(C)=O)[C@H](OC(C)=O)[C@H]1OC(C)=O.[Hg+2]. The summed E-state index contributed by atoms with van der Waals surface area (Å²) in [5, 5.41) is -0.443. The first kappa shape index (κ1) is 53.0. The van der Waals surface area contributed by atoms with Gasteiger partial charge in [-0.2, -0.15) is 0 Å². The van der Waals surface area contributed by atoms with Gasteiger partial charge in [-0.3, -0.25) is 38.4 Å². The van der Waals surface area contributed by atoms with Crippen LogP contribution in [0.25, 0.3) is 0 Å². The predicted octanol–water partition coefficient (Wildman–Crippen LogP) is -0.765. The number of carbonyl (C=O) groups excluding carboxylic acids is 8. The molecule has 0 amide bonds. The number of carbonyl (C=O) groups is 8. The smallest absolute Gasteiger partial charge is 0.722 e.